The molecule has 1 atom stereocenters. The smallest absolute Gasteiger partial charge is 0.307 e. The van der Waals surface area contributed by atoms with Crippen molar-refractivity contribution in [2.24, 2.45) is 5.92 Å². The third kappa shape index (κ3) is 4.87. The van der Waals surface area contributed by atoms with Gasteiger partial charge in [0.15, 0.2) is 0 Å². The fraction of sp³-hybridized carbons (Fsp3) is 0.438. The van der Waals surface area contributed by atoms with Gasteiger partial charge >= 0.3 is 5.97 Å². The number of hydrogen-bond donors (Lipinski definition) is 2. The highest BCUT2D eigenvalue weighted by Crippen LogP contribution is 2.17. The van der Waals surface area contributed by atoms with Crippen molar-refractivity contribution in [3.05, 3.63) is 47.5 Å². The van der Waals surface area contributed by atoms with Crippen molar-refractivity contribution >= 4 is 5.97 Å². The lowest BCUT2D eigenvalue weighted by molar-refractivity contribution is -0.136. The van der Waals surface area contributed by atoms with Crippen LogP contribution in [0.3, 0.4) is 0 Å². The lowest BCUT2D eigenvalue weighted by Gasteiger charge is -2.18. The number of rotatable bonds is 6. The quantitative estimate of drug-likeness (QED) is 0.772. The van der Waals surface area contributed by atoms with Gasteiger partial charge in [-0.15, -0.1) is 0 Å². The highest BCUT2D eigenvalue weighted by Gasteiger charge is 2.08. The van der Waals surface area contributed by atoms with Crippen LogP contribution in [0.15, 0.2) is 36.4 Å². The lowest BCUT2D eigenvalue weighted by atomic mass is 9.94. The fourth-order valence-corrected chi connectivity index (χ4v) is 2.41. The molecule has 0 saturated heterocycles. The molecule has 1 unspecified atom stereocenters. The SMILES string of the molecule is O=C(O)Cc1ccc(CNCC2CC=CCC2)cc1. The molecule has 0 amide bonds. The van der Waals surface area contributed by atoms with Gasteiger partial charge in [0.1, 0.15) is 0 Å². The first kappa shape index (κ1) is 13.8. The minimum absolute atomic E-state index is 0.0993. The molecule has 0 aromatic heterocycles. The van der Waals surface area contributed by atoms with Crippen LogP contribution >= 0.6 is 0 Å². The molecule has 2 rings (SSSR count). The van der Waals surface area contributed by atoms with Crippen molar-refractivity contribution in [2.45, 2.75) is 32.2 Å². The Morgan fingerprint density at radius 2 is 1.95 bits per heavy atom. The average molecular weight is 259 g/mol. The molecule has 19 heavy (non-hydrogen) atoms. The molecule has 1 aliphatic carbocycles. The summed E-state index contributed by atoms with van der Waals surface area (Å²) in [6, 6.07) is 7.81. The number of allylic oxidation sites excluding steroid dienone is 2. The van der Waals surface area contributed by atoms with Crippen LogP contribution in [-0.2, 0) is 17.8 Å². The topological polar surface area (TPSA) is 49.3 Å². The number of nitrogens with one attached hydrogen (secondary N) is 1. The second kappa shape index (κ2) is 7.10. The summed E-state index contributed by atoms with van der Waals surface area (Å²) >= 11 is 0. The maximum atomic E-state index is 10.6. The summed E-state index contributed by atoms with van der Waals surface area (Å²) in [5, 5.41) is 12.2. The molecule has 0 fully saturated rings. The molecule has 1 aromatic rings. The number of benzene rings is 1. The van der Waals surface area contributed by atoms with Crippen molar-refractivity contribution in [3.8, 4) is 0 Å². The van der Waals surface area contributed by atoms with Crippen LogP contribution in [0.25, 0.3) is 0 Å². The summed E-state index contributed by atoms with van der Waals surface area (Å²) in [6.07, 6.45) is 8.30. The van der Waals surface area contributed by atoms with Crippen LogP contribution in [-0.4, -0.2) is 17.6 Å². The fourth-order valence-electron chi connectivity index (χ4n) is 2.41. The average Bonchev–Trinajstić information content (AvgIpc) is 2.41. The zero-order valence-corrected chi connectivity index (χ0v) is 11.1. The molecule has 0 saturated carbocycles. The zero-order chi connectivity index (χ0) is 13.5. The van der Waals surface area contributed by atoms with Gasteiger partial charge in [-0.05, 0) is 42.9 Å². The molecular formula is C16H21NO2. The van der Waals surface area contributed by atoms with Crippen molar-refractivity contribution in [1.29, 1.82) is 0 Å². The molecule has 1 aliphatic rings. The molecular weight excluding hydrogens is 238 g/mol. The summed E-state index contributed by atoms with van der Waals surface area (Å²) in [6.45, 7) is 1.91. The monoisotopic (exact) mass is 259 g/mol. The molecule has 102 valence electrons. The van der Waals surface area contributed by atoms with E-state index in [1.165, 1.54) is 24.8 Å². The maximum absolute atomic E-state index is 10.6. The molecule has 1 aromatic carbocycles. The Balaban J connectivity index is 1.73. The van der Waals surface area contributed by atoms with E-state index in [0.717, 1.165) is 24.6 Å². The van der Waals surface area contributed by atoms with Crippen LogP contribution in [0.2, 0.25) is 0 Å². The first-order valence-corrected chi connectivity index (χ1v) is 6.89. The van der Waals surface area contributed by atoms with Crippen molar-refractivity contribution < 1.29 is 9.90 Å². The Hall–Kier alpha value is -1.61. The summed E-state index contributed by atoms with van der Waals surface area (Å²) in [4.78, 5) is 10.6. The van der Waals surface area contributed by atoms with Gasteiger partial charge in [-0.25, -0.2) is 0 Å². The molecule has 0 heterocycles. The summed E-state index contributed by atoms with van der Waals surface area (Å²) in [5.41, 5.74) is 2.06. The highest BCUT2D eigenvalue weighted by molar-refractivity contribution is 5.70. The van der Waals surface area contributed by atoms with E-state index >= 15 is 0 Å². The number of aliphatic carboxylic acids is 1. The number of carboxylic acid groups (broad SMARTS) is 1. The number of carbonyl (C=O) groups is 1. The van der Waals surface area contributed by atoms with Crippen LogP contribution < -0.4 is 5.32 Å². The summed E-state index contributed by atoms with van der Waals surface area (Å²) < 4.78 is 0. The van der Waals surface area contributed by atoms with Gasteiger partial charge in [0.05, 0.1) is 6.42 Å². The molecule has 0 bridgehead atoms. The Bertz CT molecular complexity index is 437. The van der Waals surface area contributed by atoms with E-state index in [9.17, 15) is 4.79 Å². The maximum Gasteiger partial charge on any atom is 0.307 e. The molecule has 3 nitrogen and oxygen atoms in total. The van der Waals surface area contributed by atoms with Gasteiger partial charge in [-0.3, -0.25) is 4.79 Å². The summed E-state index contributed by atoms with van der Waals surface area (Å²) in [7, 11) is 0. The molecule has 2 N–H and O–H groups in total. The van der Waals surface area contributed by atoms with Gasteiger partial charge in [-0.2, -0.15) is 0 Å². The zero-order valence-electron chi connectivity index (χ0n) is 11.1. The van der Waals surface area contributed by atoms with Crippen molar-refractivity contribution in [3.63, 3.8) is 0 Å². The van der Waals surface area contributed by atoms with Gasteiger partial charge < -0.3 is 10.4 Å². The van der Waals surface area contributed by atoms with E-state index in [1.807, 2.05) is 24.3 Å². The Morgan fingerprint density at radius 1 is 1.21 bits per heavy atom. The first-order chi connectivity index (χ1) is 9.24. The third-order valence-corrected chi connectivity index (χ3v) is 3.52. The molecule has 3 heteroatoms. The van der Waals surface area contributed by atoms with Gasteiger partial charge in [0, 0.05) is 6.54 Å². The molecule has 0 radical (unpaired) electrons. The van der Waals surface area contributed by atoms with Crippen molar-refractivity contribution in [1.82, 2.24) is 5.32 Å². The Labute approximate surface area is 114 Å². The summed E-state index contributed by atoms with van der Waals surface area (Å²) in [5.74, 6) is -0.0208. The van der Waals surface area contributed by atoms with Crippen LogP contribution in [0.1, 0.15) is 30.4 Å². The predicted octanol–water partition coefficient (Wildman–Crippen LogP) is 2.76. The second-order valence-corrected chi connectivity index (χ2v) is 5.17. The first-order valence-electron chi connectivity index (χ1n) is 6.89. The number of carboxylic acids is 1. The van der Waals surface area contributed by atoms with Gasteiger partial charge in [0.2, 0.25) is 0 Å². The van der Waals surface area contributed by atoms with E-state index in [2.05, 4.69) is 17.5 Å². The standard InChI is InChI=1S/C16H21NO2/c18-16(19)10-13-6-8-15(9-7-13)12-17-11-14-4-2-1-3-5-14/h1-2,6-9,14,17H,3-5,10-12H2,(H,18,19). The van der Waals surface area contributed by atoms with Crippen LogP contribution in [0.5, 0.6) is 0 Å². The normalized spacial score (nSPS) is 18.4. The van der Waals surface area contributed by atoms with E-state index in [0.29, 0.717) is 0 Å². The van der Waals surface area contributed by atoms with E-state index in [4.69, 9.17) is 5.11 Å². The Kier molecular flexibility index (Phi) is 5.16. The van der Waals surface area contributed by atoms with Crippen molar-refractivity contribution in [2.75, 3.05) is 6.54 Å². The van der Waals surface area contributed by atoms with E-state index in [1.54, 1.807) is 0 Å². The highest BCUT2D eigenvalue weighted by atomic mass is 16.4. The predicted molar refractivity (Wildman–Crippen MR) is 76.0 cm³/mol. The van der Waals surface area contributed by atoms with E-state index in [-0.39, 0.29) is 6.42 Å². The molecule has 0 aliphatic heterocycles. The van der Waals surface area contributed by atoms with Crippen LogP contribution in [0, 0.1) is 5.92 Å². The largest absolute Gasteiger partial charge is 0.481 e. The minimum atomic E-state index is -0.781. The lowest BCUT2D eigenvalue weighted by Crippen LogP contribution is -2.23. The second-order valence-electron chi connectivity index (χ2n) is 5.17. The van der Waals surface area contributed by atoms with Gasteiger partial charge in [-0.1, -0.05) is 36.4 Å². The number of hydrogen-bond acceptors (Lipinski definition) is 2. The third-order valence-electron chi connectivity index (χ3n) is 3.52. The minimum Gasteiger partial charge on any atom is -0.481 e. The van der Waals surface area contributed by atoms with Gasteiger partial charge in [0.25, 0.3) is 0 Å². The van der Waals surface area contributed by atoms with Crippen LogP contribution in [0.4, 0.5) is 0 Å². The Morgan fingerprint density at radius 3 is 2.58 bits per heavy atom. The van der Waals surface area contributed by atoms with E-state index < -0.39 is 5.97 Å². The molecule has 0 spiro atoms.